The molecule has 1 aliphatic rings. The summed E-state index contributed by atoms with van der Waals surface area (Å²) in [6.07, 6.45) is 6.35. The summed E-state index contributed by atoms with van der Waals surface area (Å²) in [5.74, 6) is -0.192. The van der Waals surface area contributed by atoms with Gasteiger partial charge in [-0.2, -0.15) is 0 Å². The summed E-state index contributed by atoms with van der Waals surface area (Å²) in [6.45, 7) is 1.55. The Bertz CT molecular complexity index is 387. The van der Waals surface area contributed by atoms with Crippen molar-refractivity contribution in [3.05, 3.63) is 34.6 Å². The van der Waals surface area contributed by atoms with Gasteiger partial charge in [0.1, 0.15) is 5.82 Å². The minimum Gasteiger partial charge on any atom is -0.295 e. The Balaban J connectivity index is 2.11. The van der Waals surface area contributed by atoms with Gasteiger partial charge in [0.25, 0.3) is 0 Å². The third kappa shape index (κ3) is 4.17. The SMILES string of the molecule is Fc1cccc(Cl)c1CN(CCBr)C1CCCCC1. The van der Waals surface area contributed by atoms with Crippen LogP contribution < -0.4 is 0 Å². The van der Waals surface area contributed by atoms with Crippen molar-refractivity contribution in [2.24, 2.45) is 0 Å². The molecule has 0 saturated heterocycles. The van der Waals surface area contributed by atoms with Crippen LogP contribution in [-0.2, 0) is 6.54 Å². The summed E-state index contributed by atoms with van der Waals surface area (Å²) in [4.78, 5) is 2.37. The normalized spacial score (nSPS) is 17.1. The molecule has 0 heterocycles. The van der Waals surface area contributed by atoms with E-state index in [0.717, 1.165) is 11.9 Å². The van der Waals surface area contributed by atoms with Crippen LogP contribution in [0.4, 0.5) is 4.39 Å². The van der Waals surface area contributed by atoms with E-state index in [9.17, 15) is 4.39 Å². The van der Waals surface area contributed by atoms with E-state index in [1.807, 2.05) is 0 Å². The van der Waals surface area contributed by atoms with Crippen molar-refractivity contribution in [1.82, 2.24) is 4.90 Å². The van der Waals surface area contributed by atoms with Gasteiger partial charge in [-0.3, -0.25) is 4.90 Å². The first kappa shape index (κ1) is 15.3. The molecule has 0 atom stereocenters. The summed E-state index contributed by atoms with van der Waals surface area (Å²) in [6, 6.07) is 5.50. The van der Waals surface area contributed by atoms with Crippen molar-refractivity contribution in [3.63, 3.8) is 0 Å². The number of hydrogen-bond donors (Lipinski definition) is 0. The first-order valence-electron chi connectivity index (χ1n) is 6.95. The smallest absolute Gasteiger partial charge is 0.129 e. The molecule has 0 spiro atoms. The fraction of sp³-hybridized carbons (Fsp3) is 0.600. The van der Waals surface area contributed by atoms with Gasteiger partial charge < -0.3 is 0 Å². The van der Waals surface area contributed by atoms with Crippen LogP contribution in [0.5, 0.6) is 0 Å². The summed E-state index contributed by atoms with van der Waals surface area (Å²) in [5, 5.41) is 1.45. The van der Waals surface area contributed by atoms with Crippen LogP contribution in [0.3, 0.4) is 0 Å². The van der Waals surface area contributed by atoms with E-state index in [1.165, 1.54) is 38.2 Å². The quantitative estimate of drug-likeness (QED) is 0.676. The highest BCUT2D eigenvalue weighted by Gasteiger charge is 2.22. The minimum atomic E-state index is -0.192. The Kier molecular flexibility index (Phi) is 6.11. The number of benzene rings is 1. The Labute approximate surface area is 128 Å². The van der Waals surface area contributed by atoms with Crippen LogP contribution in [0, 0.1) is 5.82 Å². The summed E-state index contributed by atoms with van der Waals surface area (Å²) >= 11 is 9.63. The molecule has 1 fully saturated rings. The van der Waals surface area contributed by atoms with Gasteiger partial charge >= 0.3 is 0 Å². The van der Waals surface area contributed by atoms with Gasteiger partial charge in [-0.05, 0) is 25.0 Å². The van der Waals surface area contributed by atoms with Crippen molar-refractivity contribution in [2.75, 3.05) is 11.9 Å². The van der Waals surface area contributed by atoms with E-state index in [2.05, 4.69) is 20.8 Å². The second-order valence-electron chi connectivity index (χ2n) is 5.15. The highest BCUT2D eigenvalue weighted by molar-refractivity contribution is 9.09. The van der Waals surface area contributed by atoms with Gasteiger partial charge in [0.15, 0.2) is 0 Å². The van der Waals surface area contributed by atoms with Gasteiger partial charge in [0.2, 0.25) is 0 Å². The van der Waals surface area contributed by atoms with Gasteiger partial charge in [-0.1, -0.05) is 52.9 Å². The Morgan fingerprint density at radius 3 is 2.63 bits per heavy atom. The zero-order valence-electron chi connectivity index (χ0n) is 11.0. The molecule has 106 valence electrons. The maximum absolute atomic E-state index is 13.9. The Hall–Kier alpha value is -0.120. The third-order valence-electron chi connectivity index (χ3n) is 3.89. The van der Waals surface area contributed by atoms with E-state index >= 15 is 0 Å². The molecule has 0 aliphatic heterocycles. The molecule has 1 saturated carbocycles. The lowest BCUT2D eigenvalue weighted by Crippen LogP contribution is -2.37. The molecule has 1 aromatic rings. The zero-order chi connectivity index (χ0) is 13.7. The molecular weight excluding hydrogens is 329 g/mol. The standard InChI is InChI=1S/C15H20BrClFN/c16-9-10-19(12-5-2-1-3-6-12)11-13-14(17)7-4-8-15(13)18/h4,7-8,12H,1-3,5-6,9-11H2. The van der Waals surface area contributed by atoms with Gasteiger partial charge in [0.05, 0.1) is 0 Å². The summed E-state index contributed by atoms with van der Waals surface area (Å²) in [5.41, 5.74) is 0.635. The topological polar surface area (TPSA) is 3.24 Å². The second kappa shape index (κ2) is 7.61. The predicted octanol–water partition coefficient (Wildman–Crippen LogP) is 5.01. The molecule has 19 heavy (non-hydrogen) atoms. The molecule has 0 unspecified atom stereocenters. The van der Waals surface area contributed by atoms with Crippen molar-refractivity contribution < 1.29 is 4.39 Å². The van der Waals surface area contributed by atoms with E-state index in [4.69, 9.17) is 11.6 Å². The number of rotatable bonds is 5. The molecule has 1 aromatic carbocycles. The lowest BCUT2D eigenvalue weighted by Gasteiger charge is -2.34. The Morgan fingerprint density at radius 2 is 2.00 bits per heavy atom. The second-order valence-corrected chi connectivity index (χ2v) is 6.35. The third-order valence-corrected chi connectivity index (χ3v) is 4.59. The van der Waals surface area contributed by atoms with E-state index < -0.39 is 0 Å². The van der Waals surface area contributed by atoms with Gasteiger partial charge in [-0.25, -0.2) is 4.39 Å². The fourth-order valence-electron chi connectivity index (χ4n) is 2.83. The molecule has 0 radical (unpaired) electrons. The molecule has 1 nitrogen and oxygen atoms in total. The van der Waals surface area contributed by atoms with Gasteiger partial charge in [-0.15, -0.1) is 0 Å². The van der Waals surface area contributed by atoms with Crippen molar-refractivity contribution in [1.29, 1.82) is 0 Å². The average molecular weight is 349 g/mol. The van der Waals surface area contributed by atoms with Crippen molar-refractivity contribution >= 4 is 27.5 Å². The lowest BCUT2D eigenvalue weighted by molar-refractivity contribution is 0.156. The molecule has 2 rings (SSSR count). The highest BCUT2D eigenvalue weighted by Crippen LogP contribution is 2.27. The molecular formula is C15H20BrClFN. The van der Waals surface area contributed by atoms with Crippen LogP contribution in [0.25, 0.3) is 0 Å². The lowest BCUT2D eigenvalue weighted by atomic mass is 9.94. The van der Waals surface area contributed by atoms with Crippen molar-refractivity contribution in [3.8, 4) is 0 Å². The van der Waals surface area contributed by atoms with Crippen molar-refractivity contribution in [2.45, 2.75) is 44.7 Å². The molecule has 0 aromatic heterocycles. The largest absolute Gasteiger partial charge is 0.295 e. The monoisotopic (exact) mass is 347 g/mol. The molecule has 4 heteroatoms. The highest BCUT2D eigenvalue weighted by atomic mass is 79.9. The number of alkyl halides is 1. The number of hydrogen-bond acceptors (Lipinski definition) is 1. The fourth-order valence-corrected chi connectivity index (χ4v) is 3.51. The maximum Gasteiger partial charge on any atom is 0.129 e. The average Bonchev–Trinajstić information content (AvgIpc) is 2.43. The number of halogens is 3. The Morgan fingerprint density at radius 1 is 1.26 bits per heavy atom. The van der Waals surface area contributed by atoms with Crippen LogP contribution >= 0.6 is 27.5 Å². The molecule has 0 amide bonds. The van der Waals surface area contributed by atoms with E-state index in [0.29, 0.717) is 23.2 Å². The molecule has 1 aliphatic carbocycles. The predicted molar refractivity (Wildman–Crippen MR) is 82.5 cm³/mol. The van der Waals surface area contributed by atoms with E-state index in [1.54, 1.807) is 12.1 Å². The zero-order valence-corrected chi connectivity index (χ0v) is 13.4. The van der Waals surface area contributed by atoms with Crippen LogP contribution in [-0.4, -0.2) is 22.8 Å². The van der Waals surface area contributed by atoms with Crippen LogP contribution in [0.15, 0.2) is 18.2 Å². The number of nitrogens with zero attached hydrogens (tertiary/aromatic N) is 1. The first-order valence-corrected chi connectivity index (χ1v) is 8.45. The van der Waals surface area contributed by atoms with Crippen LogP contribution in [0.2, 0.25) is 5.02 Å². The first-order chi connectivity index (χ1) is 9.22. The minimum absolute atomic E-state index is 0.192. The molecule has 0 N–H and O–H groups in total. The van der Waals surface area contributed by atoms with Gasteiger partial charge in [0, 0.05) is 35.0 Å². The summed E-state index contributed by atoms with van der Waals surface area (Å²) in [7, 11) is 0. The van der Waals surface area contributed by atoms with E-state index in [-0.39, 0.29) is 5.82 Å². The summed E-state index contributed by atoms with van der Waals surface area (Å²) < 4.78 is 13.9. The molecule has 0 bridgehead atoms. The maximum atomic E-state index is 13.9. The van der Waals surface area contributed by atoms with Crippen LogP contribution in [0.1, 0.15) is 37.7 Å².